The molecular formula is C15H22F2N2O. The van der Waals surface area contributed by atoms with Crippen LogP contribution in [0.5, 0.6) is 0 Å². The van der Waals surface area contributed by atoms with E-state index in [0.717, 1.165) is 12.6 Å². The minimum atomic E-state index is -0.800. The summed E-state index contributed by atoms with van der Waals surface area (Å²) in [6, 6.07) is 4.36. The van der Waals surface area contributed by atoms with Gasteiger partial charge in [-0.1, -0.05) is 12.1 Å². The highest BCUT2D eigenvalue weighted by molar-refractivity contribution is 5.23. The fourth-order valence-corrected chi connectivity index (χ4v) is 2.60. The van der Waals surface area contributed by atoms with Gasteiger partial charge in [-0.25, -0.2) is 8.78 Å². The third kappa shape index (κ3) is 3.34. The number of nitrogens with zero attached hydrogens (tertiary/aromatic N) is 1. The molecule has 0 radical (unpaired) electrons. The first kappa shape index (κ1) is 15.4. The van der Waals surface area contributed by atoms with E-state index in [1.807, 2.05) is 6.92 Å². The Morgan fingerprint density at radius 1 is 1.40 bits per heavy atom. The Bertz CT molecular complexity index is 455. The molecule has 112 valence electrons. The number of ether oxygens (including phenoxy) is 1. The van der Waals surface area contributed by atoms with Crippen LogP contribution >= 0.6 is 0 Å². The van der Waals surface area contributed by atoms with Crippen molar-refractivity contribution in [1.29, 1.82) is 0 Å². The molecule has 1 aromatic rings. The highest BCUT2D eigenvalue weighted by Crippen LogP contribution is 2.22. The first-order chi connectivity index (χ1) is 9.52. The number of hydrogen-bond donors (Lipinski definition) is 1. The first-order valence-electron chi connectivity index (χ1n) is 6.99. The van der Waals surface area contributed by atoms with Crippen molar-refractivity contribution in [3.05, 3.63) is 35.4 Å². The maximum atomic E-state index is 13.9. The van der Waals surface area contributed by atoms with Crippen LogP contribution in [-0.2, 0) is 4.74 Å². The fraction of sp³-hybridized carbons (Fsp3) is 0.600. The van der Waals surface area contributed by atoms with Crippen LogP contribution in [0.3, 0.4) is 0 Å². The number of nitrogens with one attached hydrogen (secondary N) is 1. The van der Waals surface area contributed by atoms with Crippen molar-refractivity contribution in [2.75, 3.05) is 26.7 Å². The molecule has 0 saturated carbocycles. The number of halogens is 2. The Morgan fingerprint density at radius 3 is 2.85 bits per heavy atom. The van der Waals surface area contributed by atoms with Gasteiger partial charge in [0.25, 0.3) is 0 Å². The summed E-state index contributed by atoms with van der Waals surface area (Å²) in [5.41, 5.74) is 0.374. The van der Waals surface area contributed by atoms with Gasteiger partial charge in [-0.15, -0.1) is 0 Å². The summed E-state index contributed by atoms with van der Waals surface area (Å²) < 4.78 is 32.9. The van der Waals surface area contributed by atoms with Crippen LogP contribution in [-0.4, -0.2) is 43.8 Å². The summed E-state index contributed by atoms with van der Waals surface area (Å²) >= 11 is 0. The van der Waals surface area contributed by atoms with E-state index in [0.29, 0.717) is 18.7 Å². The average Bonchev–Trinajstić information content (AvgIpc) is 2.43. The number of benzene rings is 1. The molecule has 1 fully saturated rings. The third-order valence-corrected chi connectivity index (χ3v) is 3.86. The average molecular weight is 284 g/mol. The zero-order valence-corrected chi connectivity index (χ0v) is 12.2. The molecule has 1 aromatic carbocycles. The van der Waals surface area contributed by atoms with Gasteiger partial charge < -0.3 is 10.1 Å². The molecule has 1 heterocycles. The van der Waals surface area contributed by atoms with Crippen LogP contribution in [0.2, 0.25) is 0 Å². The molecule has 0 aromatic heterocycles. The predicted molar refractivity (Wildman–Crippen MR) is 74.6 cm³/mol. The summed E-state index contributed by atoms with van der Waals surface area (Å²) in [7, 11) is 1.77. The van der Waals surface area contributed by atoms with Gasteiger partial charge in [-0.3, -0.25) is 4.90 Å². The molecule has 5 heteroatoms. The van der Waals surface area contributed by atoms with Crippen LogP contribution in [0, 0.1) is 11.6 Å². The molecule has 0 bridgehead atoms. The third-order valence-electron chi connectivity index (χ3n) is 3.86. The molecule has 3 atom stereocenters. The molecule has 3 nitrogen and oxygen atoms in total. The molecular weight excluding hydrogens is 262 g/mol. The molecule has 0 spiro atoms. The lowest BCUT2D eigenvalue weighted by atomic mass is 10.0. The van der Waals surface area contributed by atoms with E-state index < -0.39 is 11.6 Å². The minimum absolute atomic E-state index is 0.168. The standard InChI is InChI=1S/C15H22F2N2O/c1-10-9-20-11(2)7-19(10)8-14(18-3)12-5-4-6-13(16)15(12)17/h4-6,10-11,14,18H,7-9H2,1-3H3. The molecule has 1 N–H and O–H groups in total. The van der Waals surface area contributed by atoms with E-state index in [2.05, 4.69) is 17.1 Å². The number of morpholine rings is 1. The molecule has 0 amide bonds. The Kier molecular flexibility index (Phi) is 5.07. The SMILES string of the molecule is CNC(CN1CC(C)OCC1C)c1cccc(F)c1F. The van der Waals surface area contributed by atoms with Crippen LogP contribution in [0.1, 0.15) is 25.5 Å². The van der Waals surface area contributed by atoms with Gasteiger partial charge in [0, 0.05) is 30.7 Å². The topological polar surface area (TPSA) is 24.5 Å². The molecule has 0 aliphatic carbocycles. The highest BCUT2D eigenvalue weighted by Gasteiger charge is 2.27. The quantitative estimate of drug-likeness (QED) is 0.918. The Morgan fingerprint density at radius 2 is 2.15 bits per heavy atom. The molecule has 2 rings (SSSR count). The lowest BCUT2D eigenvalue weighted by molar-refractivity contribution is -0.0520. The smallest absolute Gasteiger partial charge is 0.163 e. The van der Waals surface area contributed by atoms with Gasteiger partial charge in [0.2, 0.25) is 0 Å². The zero-order valence-electron chi connectivity index (χ0n) is 12.2. The molecule has 20 heavy (non-hydrogen) atoms. The number of likely N-dealkylation sites (N-methyl/N-ethyl adjacent to an activating group) is 1. The second kappa shape index (κ2) is 6.61. The van der Waals surface area contributed by atoms with Crippen molar-refractivity contribution in [3.8, 4) is 0 Å². The second-order valence-electron chi connectivity index (χ2n) is 5.43. The maximum absolute atomic E-state index is 13.9. The van der Waals surface area contributed by atoms with Crippen molar-refractivity contribution in [2.24, 2.45) is 0 Å². The normalized spacial score (nSPS) is 25.6. The monoisotopic (exact) mass is 284 g/mol. The summed E-state index contributed by atoms with van der Waals surface area (Å²) in [6.45, 7) is 6.21. The zero-order chi connectivity index (χ0) is 14.7. The summed E-state index contributed by atoms with van der Waals surface area (Å²) in [5.74, 6) is -1.56. The van der Waals surface area contributed by atoms with Gasteiger partial charge in [-0.2, -0.15) is 0 Å². The molecule has 1 saturated heterocycles. The molecule has 1 aliphatic rings. The van der Waals surface area contributed by atoms with Crippen LogP contribution in [0.4, 0.5) is 8.78 Å². The largest absolute Gasteiger partial charge is 0.376 e. The van der Waals surface area contributed by atoms with Gasteiger partial charge in [0.05, 0.1) is 12.7 Å². The van der Waals surface area contributed by atoms with Gasteiger partial charge in [0.1, 0.15) is 0 Å². The first-order valence-corrected chi connectivity index (χ1v) is 6.99. The fourth-order valence-electron chi connectivity index (χ4n) is 2.60. The highest BCUT2D eigenvalue weighted by atomic mass is 19.2. The van der Waals surface area contributed by atoms with Gasteiger partial charge >= 0.3 is 0 Å². The summed E-state index contributed by atoms with van der Waals surface area (Å²) in [4.78, 5) is 2.25. The lowest BCUT2D eigenvalue weighted by Crippen LogP contribution is -2.49. The van der Waals surface area contributed by atoms with E-state index in [4.69, 9.17) is 4.74 Å². The van der Waals surface area contributed by atoms with Crippen LogP contribution in [0.25, 0.3) is 0 Å². The van der Waals surface area contributed by atoms with Crippen molar-refractivity contribution in [3.63, 3.8) is 0 Å². The molecule has 1 aliphatic heterocycles. The number of rotatable bonds is 4. The van der Waals surface area contributed by atoms with E-state index in [-0.39, 0.29) is 18.2 Å². The summed E-state index contributed by atoms with van der Waals surface area (Å²) in [5, 5.41) is 3.08. The molecule has 3 unspecified atom stereocenters. The van der Waals surface area contributed by atoms with Crippen molar-refractivity contribution < 1.29 is 13.5 Å². The van der Waals surface area contributed by atoms with E-state index in [9.17, 15) is 8.78 Å². The van der Waals surface area contributed by atoms with E-state index in [1.165, 1.54) is 0 Å². The Labute approximate surface area is 118 Å². The predicted octanol–water partition coefficient (Wildman–Crippen LogP) is 2.33. The summed E-state index contributed by atoms with van der Waals surface area (Å²) in [6.07, 6.45) is 0.168. The van der Waals surface area contributed by atoms with Crippen molar-refractivity contribution in [2.45, 2.75) is 32.0 Å². The van der Waals surface area contributed by atoms with Crippen LogP contribution in [0.15, 0.2) is 18.2 Å². The van der Waals surface area contributed by atoms with Gasteiger partial charge in [-0.05, 0) is 27.0 Å². The van der Waals surface area contributed by atoms with E-state index in [1.54, 1.807) is 19.2 Å². The van der Waals surface area contributed by atoms with Crippen LogP contribution < -0.4 is 5.32 Å². The Hall–Kier alpha value is -1.04. The number of hydrogen-bond acceptors (Lipinski definition) is 3. The Balaban J connectivity index is 2.14. The lowest BCUT2D eigenvalue weighted by Gasteiger charge is -2.38. The second-order valence-corrected chi connectivity index (χ2v) is 5.43. The maximum Gasteiger partial charge on any atom is 0.163 e. The minimum Gasteiger partial charge on any atom is -0.376 e. The van der Waals surface area contributed by atoms with Crippen molar-refractivity contribution >= 4 is 0 Å². The van der Waals surface area contributed by atoms with E-state index >= 15 is 0 Å². The van der Waals surface area contributed by atoms with Crippen molar-refractivity contribution in [1.82, 2.24) is 10.2 Å². The van der Waals surface area contributed by atoms with Gasteiger partial charge in [0.15, 0.2) is 11.6 Å².